The van der Waals surface area contributed by atoms with Crippen molar-refractivity contribution in [3.05, 3.63) is 28.7 Å². The summed E-state index contributed by atoms with van der Waals surface area (Å²) in [6.07, 6.45) is 2.66. The number of benzene rings is 1. The molecule has 1 nitrogen and oxygen atoms in total. The maximum atomic E-state index is 3.70. The molecular weight excluding hydrogens is 318 g/mol. The van der Waals surface area contributed by atoms with Crippen LogP contribution in [-0.2, 0) is 0 Å². The summed E-state index contributed by atoms with van der Waals surface area (Å²) in [5, 5.41) is 4.37. The third kappa shape index (κ3) is 3.99. The first-order valence-corrected chi connectivity index (χ1v) is 8.93. The molecule has 2 rings (SSSR count). The van der Waals surface area contributed by atoms with Gasteiger partial charge in [0.15, 0.2) is 0 Å². The molecule has 3 heteroatoms. The lowest BCUT2D eigenvalue weighted by Crippen LogP contribution is -2.46. The van der Waals surface area contributed by atoms with Crippen LogP contribution in [0.4, 0.5) is 0 Å². The molecule has 0 bridgehead atoms. The summed E-state index contributed by atoms with van der Waals surface area (Å²) in [5.74, 6) is 1.61. The average molecular weight is 342 g/mol. The number of thioether (sulfide) groups is 1. The zero-order valence-electron chi connectivity index (χ0n) is 12.0. The van der Waals surface area contributed by atoms with E-state index in [0.717, 1.165) is 18.4 Å². The maximum absolute atomic E-state index is 3.70. The first kappa shape index (κ1) is 15.4. The van der Waals surface area contributed by atoms with Gasteiger partial charge < -0.3 is 5.32 Å². The zero-order chi connectivity index (χ0) is 13.8. The minimum absolute atomic E-state index is 0.640. The van der Waals surface area contributed by atoms with E-state index in [2.05, 4.69) is 66.3 Å². The third-order valence-corrected chi connectivity index (χ3v) is 6.58. The molecule has 19 heavy (non-hydrogen) atoms. The lowest BCUT2D eigenvalue weighted by atomic mass is 9.80. The number of hydrogen-bond donors (Lipinski definition) is 1. The third-order valence-electron chi connectivity index (χ3n) is 3.95. The molecule has 1 N–H and O–H groups in total. The van der Waals surface area contributed by atoms with Crippen molar-refractivity contribution in [2.45, 2.75) is 49.8 Å². The quantitative estimate of drug-likeness (QED) is 0.830. The van der Waals surface area contributed by atoms with Crippen molar-refractivity contribution >= 4 is 27.7 Å². The highest BCUT2D eigenvalue weighted by Gasteiger charge is 2.34. The molecule has 0 spiro atoms. The van der Waals surface area contributed by atoms with Crippen molar-refractivity contribution in [3.8, 4) is 0 Å². The lowest BCUT2D eigenvalue weighted by Gasteiger charge is -2.39. The predicted molar refractivity (Wildman–Crippen MR) is 88.8 cm³/mol. The number of rotatable bonds is 4. The van der Waals surface area contributed by atoms with Gasteiger partial charge in [0.25, 0.3) is 0 Å². The van der Waals surface area contributed by atoms with Gasteiger partial charge >= 0.3 is 0 Å². The second-order valence-corrected chi connectivity index (χ2v) is 7.81. The fourth-order valence-electron chi connectivity index (χ4n) is 3.18. The number of nitrogens with one attached hydrogen (secondary N) is 1. The highest BCUT2D eigenvalue weighted by molar-refractivity contribution is 9.10. The zero-order valence-corrected chi connectivity index (χ0v) is 14.4. The van der Waals surface area contributed by atoms with Gasteiger partial charge in [-0.15, -0.1) is 11.8 Å². The summed E-state index contributed by atoms with van der Waals surface area (Å²) in [6.45, 7) is 8.08. The molecule has 0 aromatic heterocycles. The van der Waals surface area contributed by atoms with Crippen LogP contribution in [0.15, 0.2) is 33.6 Å². The van der Waals surface area contributed by atoms with Crippen LogP contribution in [0.2, 0.25) is 0 Å². The molecule has 0 aliphatic heterocycles. The molecule has 1 fully saturated rings. The molecule has 1 aliphatic rings. The second kappa shape index (κ2) is 7.14. The molecule has 4 atom stereocenters. The van der Waals surface area contributed by atoms with Gasteiger partial charge in [0.1, 0.15) is 0 Å². The lowest BCUT2D eigenvalue weighted by molar-refractivity contribution is 0.251. The summed E-state index contributed by atoms with van der Waals surface area (Å²) in [6, 6.07) is 9.22. The molecule has 1 aromatic rings. The van der Waals surface area contributed by atoms with E-state index >= 15 is 0 Å². The van der Waals surface area contributed by atoms with Gasteiger partial charge in [-0.05, 0) is 59.3 Å². The first-order valence-electron chi connectivity index (χ1n) is 7.26. The fraction of sp³-hybridized carbons (Fsp3) is 0.625. The second-order valence-electron chi connectivity index (χ2n) is 5.73. The number of hydrogen-bond acceptors (Lipinski definition) is 2. The van der Waals surface area contributed by atoms with Crippen LogP contribution in [0, 0.1) is 11.8 Å². The van der Waals surface area contributed by atoms with E-state index in [1.807, 2.05) is 11.8 Å². The Bertz CT molecular complexity index is 409. The molecule has 1 saturated carbocycles. The maximum Gasteiger partial charge on any atom is 0.0311 e. The van der Waals surface area contributed by atoms with E-state index in [9.17, 15) is 0 Å². The Morgan fingerprint density at radius 1 is 1.26 bits per heavy atom. The van der Waals surface area contributed by atoms with Crippen LogP contribution in [-0.4, -0.2) is 17.8 Å². The Kier molecular flexibility index (Phi) is 5.79. The van der Waals surface area contributed by atoms with Gasteiger partial charge in [-0.3, -0.25) is 0 Å². The largest absolute Gasteiger partial charge is 0.313 e. The van der Waals surface area contributed by atoms with Crippen molar-refractivity contribution < 1.29 is 0 Å². The highest BCUT2D eigenvalue weighted by atomic mass is 79.9. The van der Waals surface area contributed by atoms with Crippen molar-refractivity contribution in [1.29, 1.82) is 0 Å². The summed E-state index contributed by atoms with van der Waals surface area (Å²) >= 11 is 5.71. The molecule has 0 radical (unpaired) electrons. The predicted octanol–water partition coefficient (Wildman–Crippen LogP) is 4.95. The van der Waals surface area contributed by atoms with E-state index in [1.165, 1.54) is 22.2 Å². The highest BCUT2D eigenvalue weighted by Crippen LogP contribution is 2.41. The van der Waals surface area contributed by atoms with E-state index in [1.54, 1.807) is 0 Å². The van der Waals surface area contributed by atoms with Gasteiger partial charge in [0.2, 0.25) is 0 Å². The SMILES string of the molecule is CCNC1CC(C)CC(C)C1Sc1ccccc1Br. The Morgan fingerprint density at radius 2 is 2.00 bits per heavy atom. The summed E-state index contributed by atoms with van der Waals surface area (Å²) in [7, 11) is 0. The Morgan fingerprint density at radius 3 is 2.68 bits per heavy atom. The molecule has 0 heterocycles. The van der Waals surface area contributed by atoms with Gasteiger partial charge in [0.05, 0.1) is 0 Å². The van der Waals surface area contributed by atoms with Crippen LogP contribution >= 0.6 is 27.7 Å². The summed E-state index contributed by atoms with van der Waals surface area (Å²) in [4.78, 5) is 1.37. The van der Waals surface area contributed by atoms with Crippen molar-refractivity contribution in [2.75, 3.05) is 6.54 Å². The number of halogens is 1. The molecular formula is C16H24BrNS. The minimum Gasteiger partial charge on any atom is -0.313 e. The molecule has 4 unspecified atom stereocenters. The van der Waals surface area contributed by atoms with Gasteiger partial charge in [-0.25, -0.2) is 0 Å². The van der Waals surface area contributed by atoms with Crippen LogP contribution in [0.5, 0.6) is 0 Å². The Balaban J connectivity index is 2.13. The van der Waals surface area contributed by atoms with Crippen LogP contribution < -0.4 is 5.32 Å². The molecule has 1 aliphatic carbocycles. The van der Waals surface area contributed by atoms with Crippen molar-refractivity contribution in [2.24, 2.45) is 11.8 Å². The van der Waals surface area contributed by atoms with Crippen molar-refractivity contribution in [3.63, 3.8) is 0 Å². The average Bonchev–Trinajstić information content (AvgIpc) is 2.36. The van der Waals surface area contributed by atoms with E-state index in [-0.39, 0.29) is 0 Å². The Hall–Kier alpha value is 0.01000. The smallest absolute Gasteiger partial charge is 0.0311 e. The molecule has 1 aromatic carbocycles. The van der Waals surface area contributed by atoms with E-state index in [4.69, 9.17) is 0 Å². The summed E-state index contributed by atoms with van der Waals surface area (Å²) < 4.78 is 1.22. The van der Waals surface area contributed by atoms with Crippen molar-refractivity contribution in [1.82, 2.24) is 5.32 Å². The normalized spacial score (nSPS) is 31.4. The Labute approximate surface area is 130 Å². The van der Waals surface area contributed by atoms with Gasteiger partial charge in [-0.2, -0.15) is 0 Å². The molecule has 0 amide bonds. The van der Waals surface area contributed by atoms with Gasteiger partial charge in [-0.1, -0.05) is 32.9 Å². The van der Waals surface area contributed by atoms with E-state index < -0.39 is 0 Å². The van der Waals surface area contributed by atoms with Crippen LogP contribution in [0.25, 0.3) is 0 Å². The first-order chi connectivity index (χ1) is 9.11. The summed E-state index contributed by atoms with van der Waals surface area (Å²) in [5.41, 5.74) is 0. The minimum atomic E-state index is 0.640. The molecule has 0 saturated heterocycles. The molecule has 106 valence electrons. The van der Waals surface area contributed by atoms with Crippen LogP contribution in [0.3, 0.4) is 0 Å². The van der Waals surface area contributed by atoms with Gasteiger partial charge in [0, 0.05) is 20.7 Å². The monoisotopic (exact) mass is 341 g/mol. The van der Waals surface area contributed by atoms with Crippen LogP contribution in [0.1, 0.15) is 33.6 Å². The fourth-order valence-corrected chi connectivity index (χ4v) is 5.09. The standard InChI is InChI=1S/C16H24BrNS/c1-4-18-14-10-11(2)9-12(3)16(14)19-15-8-6-5-7-13(15)17/h5-8,11-12,14,16,18H,4,9-10H2,1-3H3. The van der Waals surface area contributed by atoms with E-state index in [0.29, 0.717) is 11.3 Å². The topological polar surface area (TPSA) is 12.0 Å².